The van der Waals surface area contributed by atoms with Gasteiger partial charge in [-0.05, 0) is 153 Å². The molecule has 0 radical (unpaired) electrons. The summed E-state index contributed by atoms with van der Waals surface area (Å²) in [4.78, 5) is 43.9. The van der Waals surface area contributed by atoms with Crippen LogP contribution in [0.15, 0.2) is 90.0 Å². The molecule has 7 rings (SSSR count). The molecule has 0 aliphatic heterocycles. The standard InChI is InChI=1S/C27H25ClFNO3.C20H20ClNO3/c1-3-32-27(31)24-13-19(10-7-17(24)2)22-5-4-6-23(22)25-14-20(28)15-30-26(25)33-16-18-8-11-21(29)12-9-18;1-3-25-20(24)17-9-13(8-7-12(17)2)15-5-4-6-16(15)18-10-14(21)11-22-19(18)23/h7-15H,3-6,16H2,1-2H3;7-11H,3-6H2,1-2H3,(H,22,23). The largest absolute Gasteiger partial charge is 0.472 e. The van der Waals surface area contributed by atoms with Crippen LogP contribution < -0.4 is 10.3 Å². The highest BCUT2D eigenvalue weighted by Gasteiger charge is 2.24. The Kier molecular flexibility index (Phi) is 14.0. The summed E-state index contributed by atoms with van der Waals surface area (Å²) in [5.74, 6) is -0.437. The quantitative estimate of drug-likeness (QED) is 0.132. The van der Waals surface area contributed by atoms with Crippen LogP contribution in [0.4, 0.5) is 4.39 Å². The molecule has 2 heterocycles. The van der Waals surface area contributed by atoms with Crippen LogP contribution in [0.2, 0.25) is 10.0 Å². The summed E-state index contributed by atoms with van der Waals surface area (Å²) in [6.07, 6.45) is 8.43. The van der Waals surface area contributed by atoms with Crippen LogP contribution in [-0.4, -0.2) is 35.1 Å². The first-order valence-electron chi connectivity index (χ1n) is 19.4. The van der Waals surface area contributed by atoms with Crippen molar-refractivity contribution in [3.63, 3.8) is 0 Å². The lowest BCUT2D eigenvalue weighted by Crippen LogP contribution is -2.11. The van der Waals surface area contributed by atoms with Gasteiger partial charge in [0.05, 0.1) is 34.4 Å². The van der Waals surface area contributed by atoms with Gasteiger partial charge in [0.1, 0.15) is 12.4 Å². The number of aromatic nitrogens is 2. The SMILES string of the molecule is CCOC(=O)c1cc(C2=C(c3cc(Cl)c[nH]c3=O)CCC2)ccc1C.CCOC(=O)c1cc(C2=C(c3cc(Cl)cnc3OCc3ccc(F)cc3)CCC2)ccc1C. The summed E-state index contributed by atoms with van der Waals surface area (Å²) in [5.41, 5.74) is 11.4. The first-order chi connectivity index (χ1) is 28.0. The van der Waals surface area contributed by atoms with E-state index in [2.05, 4.69) is 9.97 Å². The van der Waals surface area contributed by atoms with Crippen LogP contribution in [0.25, 0.3) is 22.3 Å². The maximum Gasteiger partial charge on any atom is 0.338 e. The number of carbonyl (C=O) groups is 2. The zero-order valence-electron chi connectivity index (χ0n) is 33.0. The second-order valence-corrected chi connectivity index (χ2v) is 15.0. The summed E-state index contributed by atoms with van der Waals surface area (Å²) >= 11 is 12.4. The van der Waals surface area contributed by atoms with Crippen molar-refractivity contribution in [3.8, 4) is 5.88 Å². The number of nitrogens with zero attached hydrogens (tertiary/aromatic N) is 1. The topological polar surface area (TPSA) is 108 Å². The number of hydrogen-bond donors (Lipinski definition) is 1. The fourth-order valence-electron chi connectivity index (χ4n) is 7.37. The molecule has 5 aromatic rings. The molecule has 0 unspecified atom stereocenters. The zero-order chi connectivity index (χ0) is 41.3. The van der Waals surface area contributed by atoms with Gasteiger partial charge in [0.2, 0.25) is 5.88 Å². The number of aromatic amines is 1. The molecule has 11 heteroatoms. The molecule has 0 bridgehead atoms. The van der Waals surface area contributed by atoms with Gasteiger partial charge in [-0.1, -0.05) is 59.6 Å². The number of carbonyl (C=O) groups excluding carboxylic acids is 2. The van der Waals surface area contributed by atoms with Gasteiger partial charge in [-0.25, -0.2) is 19.0 Å². The Morgan fingerprint density at radius 2 is 1.22 bits per heavy atom. The summed E-state index contributed by atoms with van der Waals surface area (Å²) in [6.45, 7) is 8.33. The second kappa shape index (κ2) is 19.3. The van der Waals surface area contributed by atoms with Gasteiger partial charge < -0.3 is 19.2 Å². The average molecular weight is 824 g/mol. The van der Waals surface area contributed by atoms with Gasteiger partial charge in [0.15, 0.2) is 0 Å². The Morgan fingerprint density at radius 3 is 1.78 bits per heavy atom. The molecule has 0 atom stereocenters. The molecule has 0 saturated heterocycles. The van der Waals surface area contributed by atoms with E-state index in [-0.39, 0.29) is 29.9 Å². The molecule has 0 amide bonds. The molecule has 0 spiro atoms. The molecule has 0 fully saturated rings. The van der Waals surface area contributed by atoms with E-state index in [0.29, 0.717) is 45.8 Å². The summed E-state index contributed by atoms with van der Waals surface area (Å²) in [6, 6.07) is 21.5. The minimum atomic E-state index is -0.317. The van der Waals surface area contributed by atoms with E-state index in [4.69, 9.17) is 37.4 Å². The third-order valence-electron chi connectivity index (χ3n) is 10.2. The maximum atomic E-state index is 13.2. The predicted molar refractivity (Wildman–Crippen MR) is 228 cm³/mol. The zero-order valence-corrected chi connectivity index (χ0v) is 34.5. The number of allylic oxidation sites excluding steroid dienone is 4. The van der Waals surface area contributed by atoms with Crippen LogP contribution in [-0.2, 0) is 16.1 Å². The van der Waals surface area contributed by atoms with Gasteiger partial charge in [0.25, 0.3) is 5.56 Å². The van der Waals surface area contributed by atoms with Crippen molar-refractivity contribution >= 4 is 57.4 Å². The molecule has 58 heavy (non-hydrogen) atoms. The van der Waals surface area contributed by atoms with Crippen LogP contribution in [0.5, 0.6) is 5.88 Å². The number of benzene rings is 3. The molecule has 300 valence electrons. The molecule has 3 aromatic carbocycles. The van der Waals surface area contributed by atoms with Gasteiger partial charge >= 0.3 is 11.9 Å². The Labute approximate surface area is 347 Å². The number of halogens is 3. The Balaban J connectivity index is 0.000000203. The van der Waals surface area contributed by atoms with Crippen molar-refractivity contribution in [1.29, 1.82) is 0 Å². The number of pyridine rings is 2. The average Bonchev–Trinajstić information content (AvgIpc) is 3.91. The van der Waals surface area contributed by atoms with Crippen molar-refractivity contribution in [1.82, 2.24) is 9.97 Å². The summed E-state index contributed by atoms with van der Waals surface area (Å²) < 4.78 is 29.6. The molecule has 2 aliphatic rings. The highest BCUT2D eigenvalue weighted by atomic mass is 35.5. The summed E-state index contributed by atoms with van der Waals surface area (Å²) in [7, 11) is 0. The van der Waals surface area contributed by atoms with E-state index in [0.717, 1.165) is 94.2 Å². The van der Waals surface area contributed by atoms with E-state index in [1.54, 1.807) is 38.2 Å². The van der Waals surface area contributed by atoms with Crippen LogP contribution in [0.3, 0.4) is 0 Å². The first kappa shape index (κ1) is 42.1. The molecule has 2 aliphatic carbocycles. The van der Waals surface area contributed by atoms with Crippen molar-refractivity contribution in [2.75, 3.05) is 13.2 Å². The summed E-state index contributed by atoms with van der Waals surface area (Å²) in [5, 5.41) is 1.03. The van der Waals surface area contributed by atoms with Crippen molar-refractivity contribution < 1.29 is 28.2 Å². The monoisotopic (exact) mass is 822 g/mol. The smallest absolute Gasteiger partial charge is 0.338 e. The molecule has 8 nitrogen and oxygen atoms in total. The lowest BCUT2D eigenvalue weighted by molar-refractivity contribution is 0.0515. The van der Waals surface area contributed by atoms with Crippen molar-refractivity contribution in [2.45, 2.75) is 72.8 Å². The maximum absolute atomic E-state index is 13.2. The van der Waals surface area contributed by atoms with E-state index >= 15 is 0 Å². The molecular weight excluding hydrogens is 778 g/mol. The highest BCUT2D eigenvalue weighted by molar-refractivity contribution is 6.31. The Morgan fingerprint density at radius 1 is 0.707 bits per heavy atom. The normalized spacial score (nSPS) is 13.6. The predicted octanol–water partition coefficient (Wildman–Crippen LogP) is 11.6. The lowest BCUT2D eigenvalue weighted by atomic mass is 9.95. The fourth-order valence-corrected chi connectivity index (χ4v) is 7.69. The molecule has 0 saturated carbocycles. The lowest BCUT2D eigenvalue weighted by Gasteiger charge is -2.15. The van der Waals surface area contributed by atoms with Crippen molar-refractivity contribution in [2.24, 2.45) is 0 Å². The van der Waals surface area contributed by atoms with Gasteiger partial charge in [-0.2, -0.15) is 0 Å². The van der Waals surface area contributed by atoms with E-state index < -0.39 is 0 Å². The number of aryl methyl sites for hydroxylation is 2. The minimum absolute atomic E-state index is 0.142. The fraction of sp³-hybridized carbons (Fsp3) is 0.277. The molecule has 2 aromatic heterocycles. The first-order valence-corrected chi connectivity index (χ1v) is 20.1. The van der Waals surface area contributed by atoms with Gasteiger partial charge in [-0.3, -0.25) is 4.79 Å². The number of ether oxygens (including phenoxy) is 3. The number of H-pyrrole nitrogens is 1. The van der Waals surface area contributed by atoms with E-state index in [9.17, 15) is 18.8 Å². The number of nitrogens with one attached hydrogen (secondary N) is 1. The van der Waals surface area contributed by atoms with Gasteiger partial charge in [-0.15, -0.1) is 0 Å². The molecule has 1 N–H and O–H groups in total. The Hall–Kier alpha value is -5.51. The Bertz CT molecular complexity index is 2460. The van der Waals surface area contributed by atoms with E-state index in [1.165, 1.54) is 18.3 Å². The van der Waals surface area contributed by atoms with E-state index in [1.807, 2.05) is 56.3 Å². The number of esters is 2. The third kappa shape index (κ3) is 9.95. The number of hydrogen-bond acceptors (Lipinski definition) is 7. The number of rotatable bonds is 11. The highest BCUT2D eigenvalue weighted by Crippen LogP contribution is 2.44. The van der Waals surface area contributed by atoms with Crippen molar-refractivity contribution in [3.05, 3.63) is 161 Å². The second-order valence-electron chi connectivity index (χ2n) is 14.1. The molecular formula is C47H45Cl2FN2O6. The van der Waals surface area contributed by atoms with Gasteiger partial charge in [0, 0.05) is 23.5 Å². The van der Waals surface area contributed by atoms with Crippen LogP contribution in [0.1, 0.15) is 112 Å². The van der Waals surface area contributed by atoms with Crippen LogP contribution in [0, 0.1) is 19.7 Å². The minimum Gasteiger partial charge on any atom is -0.472 e. The van der Waals surface area contributed by atoms with Crippen LogP contribution >= 0.6 is 23.2 Å². The third-order valence-corrected chi connectivity index (χ3v) is 10.6.